The fraction of sp³-hybridized carbons (Fsp3) is 0.417. The lowest BCUT2D eigenvalue weighted by molar-refractivity contribution is 1.00. The Balaban J connectivity index is 1.94. The third-order valence-electron chi connectivity index (χ3n) is 2.66. The zero-order valence-corrected chi connectivity index (χ0v) is 13.0. The summed E-state index contributed by atoms with van der Waals surface area (Å²) >= 11 is 15.2. The lowest BCUT2D eigenvalue weighted by Gasteiger charge is -2.22. The van der Waals surface area contributed by atoms with E-state index < -0.39 is 0 Å². The first-order valence-corrected chi connectivity index (χ1v) is 8.68. The number of anilines is 1. The van der Waals surface area contributed by atoms with Gasteiger partial charge in [0.05, 0.1) is 10.7 Å². The Morgan fingerprint density at radius 3 is 2.94 bits per heavy atom. The van der Waals surface area contributed by atoms with Gasteiger partial charge in [-0.2, -0.15) is 23.5 Å². The number of thioether (sulfide) groups is 2. The molecule has 0 amide bonds. The maximum absolute atomic E-state index is 6.20. The summed E-state index contributed by atoms with van der Waals surface area (Å²) in [5, 5.41) is 4.74. The summed E-state index contributed by atoms with van der Waals surface area (Å²) < 4.78 is 0. The molecule has 1 fully saturated rings. The Morgan fingerprint density at radius 1 is 1.50 bits per heavy atom. The summed E-state index contributed by atoms with van der Waals surface area (Å²) in [4.78, 5) is 0.377. The molecule has 0 bridgehead atoms. The second kappa shape index (κ2) is 6.89. The van der Waals surface area contributed by atoms with E-state index in [2.05, 4.69) is 5.32 Å². The van der Waals surface area contributed by atoms with Gasteiger partial charge in [0.15, 0.2) is 0 Å². The van der Waals surface area contributed by atoms with Gasteiger partial charge in [0, 0.05) is 34.6 Å². The van der Waals surface area contributed by atoms with Gasteiger partial charge in [-0.1, -0.05) is 23.8 Å². The van der Waals surface area contributed by atoms with Crippen molar-refractivity contribution in [2.24, 2.45) is 5.73 Å². The first-order chi connectivity index (χ1) is 8.66. The van der Waals surface area contributed by atoms with E-state index in [1.807, 2.05) is 41.7 Å². The second-order valence-corrected chi connectivity index (χ2v) is 7.41. The summed E-state index contributed by atoms with van der Waals surface area (Å²) in [6.07, 6.45) is 0. The highest BCUT2D eigenvalue weighted by Crippen LogP contribution is 2.27. The summed E-state index contributed by atoms with van der Waals surface area (Å²) in [6.45, 7) is 0.948. The standard InChI is InChI=1S/C12H15ClN2S3/c13-10-5-8(12(14)16)1-2-11(10)15-6-9-7-17-3-4-18-9/h1-2,5,9,15H,3-4,6-7H2,(H2,14,16). The fourth-order valence-corrected chi connectivity index (χ4v) is 4.68. The van der Waals surface area contributed by atoms with Gasteiger partial charge in [0.1, 0.15) is 4.99 Å². The van der Waals surface area contributed by atoms with Crippen LogP contribution in [0.15, 0.2) is 18.2 Å². The highest BCUT2D eigenvalue weighted by atomic mass is 35.5. The van der Waals surface area contributed by atoms with Crippen molar-refractivity contribution in [2.45, 2.75) is 5.25 Å². The van der Waals surface area contributed by atoms with Gasteiger partial charge in [0.25, 0.3) is 0 Å². The van der Waals surface area contributed by atoms with Crippen molar-refractivity contribution in [2.75, 3.05) is 29.1 Å². The Morgan fingerprint density at radius 2 is 2.33 bits per heavy atom. The highest BCUT2D eigenvalue weighted by molar-refractivity contribution is 8.06. The molecule has 0 aliphatic carbocycles. The van der Waals surface area contributed by atoms with Gasteiger partial charge in [-0.05, 0) is 18.2 Å². The van der Waals surface area contributed by atoms with Gasteiger partial charge >= 0.3 is 0 Å². The third-order valence-corrected chi connectivity index (χ3v) is 6.05. The van der Waals surface area contributed by atoms with Crippen LogP contribution in [0, 0.1) is 0 Å². The van der Waals surface area contributed by atoms with Gasteiger partial charge in [-0.25, -0.2) is 0 Å². The monoisotopic (exact) mass is 318 g/mol. The van der Waals surface area contributed by atoms with Crippen LogP contribution in [0.4, 0.5) is 5.69 Å². The van der Waals surface area contributed by atoms with Crippen molar-refractivity contribution in [1.82, 2.24) is 0 Å². The first kappa shape index (κ1) is 14.3. The number of halogens is 1. The first-order valence-electron chi connectivity index (χ1n) is 5.69. The molecule has 0 saturated carbocycles. The van der Waals surface area contributed by atoms with Crippen molar-refractivity contribution in [3.05, 3.63) is 28.8 Å². The van der Waals surface area contributed by atoms with E-state index in [1.54, 1.807) is 0 Å². The molecule has 1 saturated heterocycles. The summed E-state index contributed by atoms with van der Waals surface area (Å²) in [6, 6.07) is 5.66. The van der Waals surface area contributed by atoms with E-state index >= 15 is 0 Å². The van der Waals surface area contributed by atoms with Gasteiger partial charge in [-0.15, -0.1) is 0 Å². The molecule has 1 aromatic carbocycles. The van der Waals surface area contributed by atoms with Crippen molar-refractivity contribution in [1.29, 1.82) is 0 Å². The van der Waals surface area contributed by atoms with Crippen LogP contribution in [0.1, 0.15) is 5.56 Å². The van der Waals surface area contributed by atoms with Gasteiger partial charge in [0.2, 0.25) is 0 Å². The van der Waals surface area contributed by atoms with Crippen molar-refractivity contribution >= 4 is 58.0 Å². The predicted octanol–water partition coefficient (Wildman–Crippen LogP) is 3.23. The topological polar surface area (TPSA) is 38.0 Å². The van der Waals surface area contributed by atoms with Crippen LogP contribution in [-0.2, 0) is 0 Å². The zero-order valence-electron chi connectivity index (χ0n) is 9.82. The van der Waals surface area contributed by atoms with E-state index in [0.29, 0.717) is 15.3 Å². The third kappa shape index (κ3) is 3.95. The van der Waals surface area contributed by atoms with Gasteiger partial charge < -0.3 is 11.1 Å². The predicted molar refractivity (Wildman–Crippen MR) is 89.4 cm³/mol. The zero-order chi connectivity index (χ0) is 13.0. The molecule has 2 nitrogen and oxygen atoms in total. The Labute approximate surface area is 126 Å². The van der Waals surface area contributed by atoms with E-state index in [1.165, 1.54) is 17.3 Å². The molecule has 0 aromatic heterocycles. The summed E-state index contributed by atoms with van der Waals surface area (Å²) in [5.74, 6) is 3.72. The Kier molecular flexibility index (Phi) is 5.48. The van der Waals surface area contributed by atoms with Crippen molar-refractivity contribution in [3.63, 3.8) is 0 Å². The minimum atomic E-state index is 0.377. The second-order valence-electron chi connectivity index (χ2n) is 4.01. The van der Waals surface area contributed by atoms with Crippen LogP contribution >= 0.6 is 47.3 Å². The normalized spacial score (nSPS) is 19.5. The molecule has 2 rings (SSSR count). The number of hydrogen-bond donors (Lipinski definition) is 2. The average molecular weight is 319 g/mol. The van der Waals surface area contributed by atoms with Crippen LogP contribution in [0.25, 0.3) is 0 Å². The minimum Gasteiger partial charge on any atom is -0.389 e. The largest absolute Gasteiger partial charge is 0.389 e. The molecule has 3 N–H and O–H groups in total. The number of hydrogen-bond acceptors (Lipinski definition) is 4. The van der Waals surface area contributed by atoms with E-state index in [9.17, 15) is 0 Å². The molecule has 0 spiro atoms. The molecular formula is C12H15ClN2S3. The highest BCUT2D eigenvalue weighted by Gasteiger charge is 2.14. The molecule has 18 heavy (non-hydrogen) atoms. The van der Waals surface area contributed by atoms with Crippen LogP contribution < -0.4 is 11.1 Å². The number of benzene rings is 1. The van der Waals surface area contributed by atoms with Gasteiger partial charge in [-0.3, -0.25) is 0 Å². The van der Waals surface area contributed by atoms with Crippen LogP contribution in [0.3, 0.4) is 0 Å². The molecule has 1 aliphatic heterocycles. The fourth-order valence-electron chi connectivity index (χ4n) is 1.69. The Hall–Kier alpha value is -0.100. The smallest absolute Gasteiger partial charge is 0.104 e. The molecule has 1 unspecified atom stereocenters. The quantitative estimate of drug-likeness (QED) is 0.834. The molecule has 1 atom stereocenters. The molecule has 1 aromatic rings. The Bertz CT molecular complexity index is 433. The van der Waals surface area contributed by atoms with Crippen LogP contribution in [-0.4, -0.2) is 34.0 Å². The van der Waals surface area contributed by atoms with Crippen LogP contribution in [0.2, 0.25) is 5.02 Å². The number of thiocarbonyl (C=S) groups is 1. The molecule has 0 radical (unpaired) electrons. The average Bonchev–Trinajstić information content (AvgIpc) is 2.38. The lowest BCUT2D eigenvalue weighted by atomic mass is 10.2. The van der Waals surface area contributed by atoms with Crippen LogP contribution in [0.5, 0.6) is 0 Å². The van der Waals surface area contributed by atoms with E-state index in [4.69, 9.17) is 29.6 Å². The summed E-state index contributed by atoms with van der Waals surface area (Å²) in [7, 11) is 0. The molecule has 1 heterocycles. The van der Waals surface area contributed by atoms with Crippen molar-refractivity contribution in [3.8, 4) is 0 Å². The lowest BCUT2D eigenvalue weighted by Crippen LogP contribution is -2.23. The number of nitrogens with one attached hydrogen (secondary N) is 1. The molecule has 98 valence electrons. The minimum absolute atomic E-state index is 0.377. The summed E-state index contributed by atoms with van der Waals surface area (Å²) in [5.41, 5.74) is 7.33. The molecule has 6 heteroatoms. The maximum Gasteiger partial charge on any atom is 0.104 e. The van der Waals surface area contributed by atoms with E-state index in [-0.39, 0.29) is 0 Å². The number of rotatable bonds is 4. The van der Waals surface area contributed by atoms with Crippen molar-refractivity contribution < 1.29 is 0 Å². The number of nitrogens with two attached hydrogens (primary N) is 1. The maximum atomic E-state index is 6.20. The molecular weight excluding hydrogens is 304 g/mol. The van der Waals surface area contributed by atoms with E-state index in [0.717, 1.165) is 17.8 Å². The molecule has 1 aliphatic rings. The SMILES string of the molecule is NC(=S)c1ccc(NCC2CSCCS2)c(Cl)c1.